The van der Waals surface area contributed by atoms with Gasteiger partial charge in [-0.15, -0.1) is 0 Å². The highest BCUT2D eigenvalue weighted by Crippen LogP contribution is 1.61. The summed E-state index contributed by atoms with van der Waals surface area (Å²) in [6, 6.07) is 0. The Morgan fingerprint density at radius 3 is 2.71 bits per heavy atom. The van der Waals surface area contributed by atoms with Crippen molar-refractivity contribution in [1.82, 2.24) is 0 Å². The molecular weight excluding hydrogens is 90.1 g/mol. The first-order valence-corrected chi connectivity index (χ1v) is 1.77. The summed E-state index contributed by atoms with van der Waals surface area (Å²) in [6.45, 7) is 3.11. The molecule has 0 heterocycles. The number of nitrogens with two attached hydrogens (primary N) is 1. The van der Waals surface area contributed by atoms with Crippen LogP contribution in [0.5, 0.6) is 0 Å². The maximum Gasteiger partial charge on any atom is 0.0509 e. The molecule has 0 saturated carbocycles. The van der Waals surface area contributed by atoms with Crippen molar-refractivity contribution < 1.29 is 0 Å². The van der Waals surface area contributed by atoms with Gasteiger partial charge in [0.05, 0.1) is 6.21 Å². The van der Waals surface area contributed by atoms with Gasteiger partial charge in [-0.05, 0) is 12.3 Å². The third-order valence-corrected chi connectivity index (χ3v) is 0.345. The topological polar surface area (TPSA) is 50.7 Å². The van der Waals surface area contributed by atoms with Crippen molar-refractivity contribution in [2.75, 3.05) is 0 Å². The SMILES string of the molecule is C=NN=CC=CN. The molecule has 0 unspecified atom stereocenters. The van der Waals surface area contributed by atoms with Crippen LogP contribution >= 0.6 is 0 Å². The summed E-state index contributed by atoms with van der Waals surface area (Å²) in [5.41, 5.74) is 4.94. The Morgan fingerprint density at radius 2 is 2.29 bits per heavy atom. The number of hydrogen-bond acceptors (Lipinski definition) is 3. The van der Waals surface area contributed by atoms with E-state index in [4.69, 9.17) is 5.73 Å². The van der Waals surface area contributed by atoms with Crippen LogP contribution in [0.3, 0.4) is 0 Å². The molecule has 0 aliphatic carbocycles. The predicted octanol–water partition coefficient (Wildman–Crippen LogP) is 0.145. The van der Waals surface area contributed by atoms with Gasteiger partial charge in [0.1, 0.15) is 0 Å². The smallest absolute Gasteiger partial charge is 0.0509 e. The van der Waals surface area contributed by atoms with Crippen molar-refractivity contribution >= 4 is 12.9 Å². The van der Waals surface area contributed by atoms with Crippen LogP contribution in [0.25, 0.3) is 0 Å². The van der Waals surface area contributed by atoms with Gasteiger partial charge in [-0.1, -0.05) is 0 Å². The minimum Gasteiger partial charge on any atom is -0.405 e. The van der Waals surface area contributed by atoms with Crippen LogP contribution in [0.4, 0.5) is 0 Å². The summed E-state index contributed by atoms with van der Waals surface area (Å²) in [5.74, 6) is 0. The van der Waals surface area contributed by atoms with E-state index < -0.39 is 0 Å². The molecule has 0 atom stereocenters. The standard InChI is InChI=1S/C4H7N3/c1-6-7-4-2-3-5/h2-4H,1,5H2. The molecule has 0 fully saturated rings. The van der Waals surface area contributed by atoms with Gasteiger partial charge in [0, 0.05) is 6.72 Å². The highest BCUT2D eigenvalue weighted by molar-refractivity contribution is 5.70. The van der Waals surface area contributed by atoms with Gasteiger partial charge in [0.25, 0.3) is 0 Å². The lowest BCUT2D eigenvalue weighted by atomic mass is 10.7. The van der Waals surface area contributed by atoms with Crippen LogP contribution in [0, 0.1) is 0 Å². The lowest BCUT2D eigenvalue weighted by Gasteiger charge is -1.66. The predicted molar refractivity (Wildman–Crippen MR) is 31.4 cm³/mol. The van der Waals surface area contributed by atoms with E-state index in [-0.39, 0.29) is 0 Å². The summed E-state index contributed by atoms with van der Waals surface area (Å²) in [4.78, 5) is 0. The summed E-state index contributed by atoms with van der Waals surface area (Å²) < 4.78 is 0. The molecule has 0 aliphatic rings. The van der Waals surface area contributed by atoms with Crippen LogP contribution in [0.1, 0.15) is 0 Å². The normalized spacial score (nSPS) is 10.9. The molecule has 3 nitrogen and oxygen atoms in total. The van der Waals surface area contributed by atoms with E-state index in [1.165, 1.54) is 12.4 Å². The van der Waals surface area contributed by atoms with Gasteiger partial charge >= 0.3 is 0 Å². The van der Waals surface area contributed by atoms with Crippen LogP contribution in [0.2, 0.25) is 0 Å². The highest BCUT2D eigenvalue weighted by Gasteiger charge is 1.53. The van der Waals surface area contributed by atoms with Gasteiger partial charge in [-0.3, -0.25) is 0 Å². The molecule has 3 heteroatoms. The molecule has 38 valence electrons. The molecule has 0 spiro atoms. The Labute approximate surface area is 42.2 Å². The summed E-state index contributed by atoms with van der Waals surface area (Å²) in [5, 5.41) is 6.57. The molecule has 0 radical (unpaired) electrons. The zero-order valence-electron chi connectivity index (χ0n) is 3.91. The molecule has 0 bridgehead atoms. The second-order valence-corrected chi connectivity index (χ2v) is 0.791. The molecule has 0 aliphatic heterocycles. The molecule has 0 rings (SSSR count). The third kappa shape index (κ3) is 4.88. The number of nitrogens with zero attached hydrogens (tertiary/aromatic N) is 2. The van der Waals surface area contributed by atoms with Crippen LogP contribution in [-0.4, -0.2) is 12.9 Å². The molecule has 0 amide bonds. The quantitative estimate of drug-likeness (QED) is 0.387. The zero-order chi connectivity index (χ0) is 5.54. The van der Waals surface area contributed by atoms with Gasteiger partial charge in [-0.25, -0.2) is 0 Å². The maximum absolute atomic E-state index is 4.94. The minimum absolute atomic E-state index is 1.37. The largest absolute Gasteiger partial charge is 0.405 e. The van der Waals surface area contributed by atoms with Gasteiger partial charge in [0.15, 0.2) is 0 Å². The van der Waals surface area contributed by atoms with Crippen LogP contribution < -0.4 is 5.73 Å². The number of allylic oxidation sites excluding steroid dienone is 1. The Morgan fingerprint density at radius 1 is 1.57 bits per heavy atom. The second-order valence-electron chi connectivity index (χ2n) is 0.791. The van der Waals surface area contributed by atoms with Crippen molar-refractivity contribution in [2.24, 2.45) is 15.9 Å². The van der Waals surface area contributed by atoms with Crippen LogP contribution in [-0.2, 0) is 0 Å². The van der Waals surface area contributed by atoms with Crippen molar-refractivity contribution in [3.8, 4) is 0 Å². The number of hydrogen-bond donors (Lipinski definition) is 1. The fraction of sp³-hybridized carbons (Fsp3) is 0. The van der Waals surface area contributed by atoms with Crippen molar-refractivity contribution in [3.63, 3.8) is 0 Å². The van der Waals surface area contributed by atoms with E-state index >= 15 is 0 Å². The molecular formula is C4H7N3. The molecule has 0 aromatic heterocycles. The third-order valence-electron chi connectivity index (χ3n) is 0.345. The molecule has 7 heavy (non-hydrogen) atoms. The Bertz CT molecular complexity index is 93.1. The molecule has 0 aromatic rings. The van der Waals surface area contributed by atoms with E-state index in [1.807, 2.05) is 0 Å². The summed E-state index contributed by atoms with van der Waals surface area (Å²) in [7, 11) is 0. The molecule has 0 aromatic carbocycles. The Kier molecular flexibility index (Phi) is 4.10. The first kappa shape index (κ1) is 5.88. The Hall–Kier alpha value is -1.12. The lowest BCUT2D eigenvalue weighted by molar-refractivity contribution is 1.28. The summed E-state index contributed by atoms with van der Waals surface area (Å²) >= 11 is 0. The average molecular weight is 97.1 g/mol. The van der Waals surface area contributed by atoms with E-state index in [0.717, 1.165) is 0 Å². The zero-order valence-corrected chi connectivity index (χ0v) is 3.91. The lowest BCUT2D eigenvalue weighted by Crippen LogP contribution is -1.74. The minimum atomic E-state index is 1.37. The van der Waals surface area contributed by atoms with Crippen molar-refractivity contribution in [3.05, 3.63) is 12.3 Å². The fourth-order valence-corrected chi connectivity index (χ4v) is 0.135. The molecule has 0 saturated heterocycles. The van der Waals surface area contributed by atoms with Crippen molar-refractivity contribution in [2.45, 2.75) is 0 Å². The number of rotatable bonds is 2. The maximum atomic E-state index is 4.94. The van der Waals surface area contributed by atoms with Crippen LogP contribution in [0.15, 0.2) is 22.5 Å². The van der Waals surface area contributed by atoms with E-state index in [1.54, 1.807) is 6.08 Å². The van der Waals surface area contributed by atoms with Crippen molar-refractivity contribution in [1.29, 1.82) is 0 Å². The average Bonchev–Trinajstić information content (AvgIpc) is 1.69. The Balaban J connectivity index is 3.27. The second kappa shape index (κ2) is 4.88. The highest BCUT2D eigenvalue weighted by atomic mass is 15.2. The van der Waals surface area contributed by atoms with E-state index in [0.29, 0.717) is 0 Å². The fourth-order valence-electron chi connectivity index (χ4n) is 0.135. The van der Waals surface area contributed by atoms with Gasteiger partial charge in [0.2, 0.25) is 0 Å². The molecule has 2 N–H and O–H groups in total. The van der Waals surface area contributed by atoms with E-state index in [9.17, 15) is 0 Å². The van der Waals surface area contributed by atoms with Gasteiger partial charge in [-0.2, -0.15) is 10.2 Å². The summed E-state index contributed by atoms with van der Waals surface area (Å²) in [6.07, 6.45) is 4.39. The first-order valence-electron chi connectivity index (χ1n) is 1.77. The van der Waals surface area contributed by atoms with E-state index in [2.05, 4.69) is 16.9 Å². The monoisotopic (exact) mass is 97.1 g/mol. The van der Waals surface area contributed by atoms with Gasteiger partial charge < -0.3 is 5.73 Å². The first-order chi connectivity index (χ1) is 3.41.